The number of nitro benzene ring substituents is 1. The Morgan fingerprint density at radius 1 is 1.15 bits per heavy atom. The zero-order chi connectivity index (χ0) is 14.5. The van der Waals surface area contributed by atoms with Gasteiger partial charge in [0, 0.05) is 11.6 Å². The minimum atomic E-state index is -0.524. The van der Waals surface area contributed by atoms with Gasteiger partial charge in [0.15, 0.2) is 11.5 Å². The van der Waals surface area contributed by atoms with E-state index in [0.717, 1.165) is 0 Å². The molecule has 0 aliphatic carbocycles. The summed E-state index contributed by atoms with van der Waals surface area (Å²) in [5.41, 5.74) is 2.94. The second-order valence-corrected chi connectivity index (χ2v) is 3.86. The van der Waals surface area contributed by atoms with Gasteiger partial charge in [-0.2, -0.15) is 5.10 Å². The predicted octanol–water partition coefficient (Wildman–Crippen LogP) is 2.45. The Morgan fingerprint density at radius 3 is 2.65 bits per heavy atom. The fraction of sp³-hybridized carbons (Fsp3) is 0. The number of benzene rings is 2. The van der Waals surface area contributed by atoms with Crippen LogP contribution in [0.1, 0.15) is 5.56 Å². The molecule has 0 bridgehead atoms. The molecule has 0 aliphatic rings. The molecule has 0 saturated heterocycles. The maximum atomic E-state index is 10.8. The fourth-order valence-corrected chi connectivity index (χ4v) is 1.55. The van der Waals surface area contributed by atoms with Crippen molar-refractivity contribution in [2.75, 3.05) is 5.43 Å². The van der Waals surface area contributed by atoms with Crippen molar-refractivity contribution in [2.45, 2.75) is 0 Å². The van der Waals surface area contributed by atoms with Crippen LogP contribution in [0.15, 0.2) is 47.6 Å². The molecule has 0 aromatic heterocycles. The highest BCUT2D eigenvalue weighted by Crippen LogP contribution is 2.27. The van der Waals surface area contributed by atoms with Crippen LogP contribution in [-0.2, 0) is 0 Å². The SMILES string of the molecule is O=[N+]([O-])c1ccccc1N/N=C\c1cccc(O)c1O. The summed E-state index contributed by atoms with van der Waals surface area (Å²) in [6, 6.07) is 10.5. The Morgan fingerprint density at radius 2 is 1.90 bits per heavy atom. The molecule has 102 valence electrons. The molecule has 0 heterocycles. The number of nitro groups is 1. The Labute approximate surface area is 114 Å². The topological polar surface area (TPSA) is 108 Å². The van der Waals surface area contributed by atoms with E-state index in [1.807, 2.05) is 0 Å². The highest BCUT2D eigenvalue weighted by molar-refractivity contribution is 5.85. The Balaban J connectivity index is 2.19. The van der Waals surface area contributed by atoms with E-state index in [0.29, 0.717) is 0 Å². The van der Waals surface area contributed by atoms with Crippen LogP contribution in [0.4, 0.5) is 11.4 Å². The van der Waals surface area contributed by atoms with Gasteiger partial charge in [-0.1, -0.05) is 18.2 Å². The lowest BCUT2D eigenvalue weighted by Crippen LogP contribution is -1.96. The molecule has 2 aromatic carbocycles. The molecule has 2 rings (SSSR count). The minimum absolute atomic E-state index is 0.107. The number of anilines is 1. The van der Waals surface area contributed by atoms with E-state index >= 15 is 0 Å². The van der Waals surface area contributed by atoms with Crippen molar-refractivity contribution in [3.05, 3.63) is 58.1 Å². The van der Waals surface area contributed by atoms with Crippen LogP contribution in [0.25, 0.3) is 0 Å². The predicted molar refractivity (Wildman–Crippen MR) is 74.1 cm³/mol. The highest BCUT2D eigenvalue weighted by Gasteiger charge is 2.11. The molecule has 0 radical (unpaired) electrons. The van der Waals surface area contributed by atoms with Crippen LogP contribution >= 0.6 is 0 Å². The van der Waals surface area contributed by atoms with Crippen molar-refractivity contribution in [3.8, 4) is 11.5 Å². The summed E-state index contributed by atoms with van der Waals surface area (Å²) in [5.74, 6) is -0.569. The lowest BCUT2D eigenvalue weighted by atomic mass is 10.2. The number of hydrogen-bond acceptors (Lipinski definition) is 6. The highest BCUT2D eigenvalue weighted by atomic mass is 16.6. The Bertz CT molecular complexity index is 670. The number of nitrogens with one attached hydrogen (secondary N) is 1. The zero-order valence-electron chi connectivity index (χ0n) is 10.2. The van der Waals surface area contributed by atoms with Crippen molar-refractivity contribution in [3.63, 3.8) is 0 Å². The average molecular weight is 273 g/mol. The van der Waals surface area contributed by atoms with Gasteiger partial charge in [-0.05, 0) is 18.2 Å². The van der Waals surface area contributed by atoms with E-state index in [-0.39, 0.29) is 28.4 Å². The van der Waals surface area contributed by atoms with Crippen molar-refractivity contribution < 1.29 is 15.1 Å². The Hall–Kier alpha value is -3.09. The summed E-state index contributed by atoms with van der Waals surface area (Å²) >= 11 is 0. The number of aromatic hydroxyl groups is 2. The van der Waals surface area contributed by atoms with Gasteiger partial charge >= 0.3 is 0 Å². The van der Waals surface area contributed by atoms with Gasteiger partial charge in [0.25, 0.3) is 5.69 Å². The first-order valence-electron chi connectivity index (χ1n) is 5.63. The van der Waals surface area contributed by atoms with Crippen molar-refractivity contribution >= 4 is 17.6 Å². The number of hydrazone groups is 1. The van der Waals surface area contributed by atoms with Crippen LogP contribution in [0.3, 0.4) is 0 Å². The summed E-state index contributed by atoms with van der Waals surface area (Å²) in [6.07, 6.45) is 1.26. The Kier molecular flexibility index (Phi) is 3.80. The van der Waals surface area contributed by atoms with E-state index in [1.165, 1.54) is 24.4 Å². The molecule has 7 nitrogen and oxygen atoms in total. The van der Waals surface area contributed by atoms with E-state index in [4.69, 9.17) is 0 Å². The van der Waals surface area contributed by atoms with Crippen LogP contribution in [-0.4, -0.2) is 21.4 Å². The molecule has 0 amide bonds. The monoisotopic (exact) mass is 273 g/mol. The molecule has 2 aromatic rings. The summed E-state index contributed by atoms with van der Waals surface area (Å²) < 4.78 is 0. The first-order valence-corrected chi connectivity index (χ1v) is 5.63. The number of rotatable bonds is 4. The van der Waals surface area contributed by atoms with Crippen molar-refractivity contribution in [1.82, 2.24) is 0 Å². The molecule has 0 unspecified atom stereocenters. The number of nitrogens with zero attached hydrogens (tertiary/aromatic N) is 2. The van der Waals surface area contributed by atoms with Gasteiger partial charge in [-0.3, -0.25) is 15.5 Å². The molecular weight excluding hydrogens is 262 g/mol. The standard InChI is InChI=1S/C13H11N3O4/c17-12-7-3-4-9(13(12)18)8-14-15-10-5-1-2-6-11(10)16(19)20/h1-8,15,17-18H/b14-8-. The van der Waals surface area contributed by atoms with Crippen LogP contribution in [0.2, 0.25) is 0 Å². The van der Waals surface area contributed by atoms with E-state index in [9.17, 15) is 20.3 Å². The van der Waals surface area contributed by atoms with Gasteiger partial charge in [-0.25, -0.2) is 0 Å². The van der Waals surface area contributed by atoms with Crippen molar-refractivity contribution in [2.24, 2.45) is 5.10 Å². The first kappa shape index (κ1) is 13.3. The fourth-order valence-electron chi connectivity index (χ4n) is 1.55. The smallest absolute Gasteiger partial charge is 0.294 e. The molecule has 0 saturated carbocycles. The van der Waals surface area contributed by atoms with Gasteiger partial charge in [0.05, 0.1) is 11.1 Å². The van der Waals surface area contributed by atoms with E-state index in [2.05, 4.69) is 10.5 Å². The zero-order valence-corrected chi connectivity index (χ0v) is 10.2. The quantitative estimate of drug-likeness (QED) is 0.343. The maximum absolute atomic E-state index is 10.8. The summed E-state index contributed by atoms with van der Waals surface area (Å²) in [7, 11) is 0. The number of hydrogen-bond donors (Lipinski definition) is 3. The van der Waals surface area contributed by atoms with E-state index in [1.54, 1.807) is 24.3 Å². The number of phenolic OH excluding ortho intramolecular Hbond substituents is 2. The average Bonchev–Trinajstić information content (AvgIpc) is 2.44. The maximum Gasteiger partial charge on any atom is 0.294 e. The lowest BCUT2D eigenvalue weighted by Gasteiger charge is -2.02. The van der Waals surface area contributed by atoms with Gasteiger partial charge < -0.3 is 10.2 Å². The molecule has 0 spiro atoms. The molecule has 7 heteroatoms. The van der Waals surface area contributed by atoms with Crippen LogP contribution in [0, 0.1) is 10.1 Å². The third kappa shape index (κ3) is 2.83. The van der Waals surface area contributed by atoms with E-state index < -0.39 is 4.92 Å². The second kappa shape index (κ2) is 5.70. The van der Waals surface area contributed by atoms with Crippen LogP contribution in [0.5, 0.6) is 11.5 Å². The normalized spacial score (nSPS) is 10.6. The molecular formula is C13H11N3O4. The first-order chi connectivity index (χ1) is 9.59. The summed E-state index contributed by atoms with van der Waals surface area (Å²) in [5, 5.41) is 33.5. The largest absolute Gasteiger partial charge is 0.504 e. The third-order valence-corrected chi connectivity index (χ3v) is 2.54. The summed E-state index contributed by atoms with van der Waals surface area (Å²) in [4.78, 5) is 10.3. The number of para-hydroxylation sites is 3. The van der Waals surface area contributed by atoms with Gasteiger partial charge in [0.2, 0.25) is 0 Å². The lowest BCUT2D eigenvalue weighted by molar-refractivity contribution is -0.384. The molecule has 0 fully saturated rings. The number of phenols is 2. The van der Waals surface area contributed by atoms with Crippen molar-refractivity contribution in [1.29, 1.82) is 0 Å². The molecule has 3 N–H and O–H groups in total. The molecule has 20 heavy (non-hydrogen) atoms. The minimum Gasteiger partial charge on any atom is -0.504 e. The van der Waals surface area contributed by atoms with Gasteiger partial charge in [0.1, 0.15) is 5.69 Å². The molecule has 0 aliphatic heterocycles. The second-order valence-electron chi connectivity index (χ2n) is 3.86. The third-order valence-electron chi connectivity index (χ3n) is 2.54. The summed E-state index contributed by atoms with van der Waals surface area (Å²) in [6.45, 7) is 0. The van der Waals surface area contributed by atoms with Gasteiger partial charge in [-0.15, -0.1) is 0 Å². The molecule has 0 atom stereocenters. The van der Waals surface area contributed by atoms with Crippen LogP contribution < -0.4 is 5.43 Å².